The number of hydrogen-bond acceptors (Lipinski definition) is 5. The average Bonchev–Trinajstić information content (AvgIpc) is 3.45. The molecule has 3 heterocycles. The largest absolute Gasteiger partial charge is 0.329 e. The molecule has 2 saturated heterocycles. The number of amides is 2. The van der Waals surface area contributed by atoms with E-state index in [1.807, 2.05) is 12.1 Å². The van der Waals surface area contributed by atoms with Crippen molar-refractivity contribution in [1.29, 1.82) is 0 Å². The van der Waals surface area contributed by atoms with Crippen molar-refractivity contribution in [2.75, 3.05) is 36.8 Å². The molecule has 6 nitrogen and oxygen atoms in total. The zero-order valence-electron chi connectivity index (χ0n) is 16.9. The van der Waals surface area contributed by atoms with Crippen molar-refractivity contribution in [2.45, 2.75) is 6.54 Å². The second-order valence-corrected chi connectivity index (χ2v) is 9.35. The van der Waals surface area contributed by atoms with E-state index in [1.165, 1.54) is 35.1 Å². The van der Waals surface area contributed by atoms with Gasteiger partial charge in [-0.25, -0.2) is 4.39 Å². The molecule has 5 rings (SSSR count). The number of rotatable bonds is 6. The second-order valence-electron chi connectivity index (χ2n) is 8.27. The summed E-state index contributed by atoms with van der Waals surface area (Å²) >= 11 is 1.40. The molecule has 1 aromatic heterocycles. The first-order chi connectivity index (χ1) is 15.1. The molecule has 2 amide bonds. The zero-order valence-corrected chi connectivity index (χ0v) is 17.7. The van der Waals surface area contributed by atoms with Crippen molar-refractivity contribution < 1.29 is 14.0 Å². The molecule has 2 fully saturated rings. The van der Waals surface area contributed by atoms with Gasteiger partial charge in [0.2, 0.25) is 6.41 Å². The van der Waals surface area contributed by atoms with Crippen LogP contribution in [0.15, 0.2) is 42.5 Å². The monoisotopic (exact) mass is 438 g/mol. The maximum atomic E-state index is 14.1. The van der Waals surface area contributed by atoms with Crippen LogP contribution in [-0.2, 0) is 11.3 Å². The fourth-order valence-electron chi connectivity index (χ4n) is 4.59. The quantitative estimate of drug-likeness (QED) is 0.515. The minimum Gasteiger partial charge on any atom is -0.329 e. The van der Waals surface area contributed by atoms with Crippen LogP contribution in [0.25, 0.3) is 10.1 Å². The lowest BCUT2D eigenvalue weighted by molar-refractivity contribution is -0.105. The third kappa shape index (κ3) is 4.19. The van der Waals surface area contributed by atoms with Crippen LogP contribution in [0.1, 0.15) is 15.2 Å². The Hall–Kier alpha value is -2.81. The molecular formula is C23H23FN4O2S. The molecule has 2 aliphatic rings. The first-order valence-electron chi connectivity index (χ1n) is 10.4. The van der Waals surface area contributed by atoms with Gasteiger partial charge >= 0.3 is 0 Å². The lowest BCUT2D eigenvalue weighted by atomic mass is 10.0. The lowest BCUT2D eigenvalue weighted by Gasteiger charge is -2.16. The van der Waals surface area contributed by atoms with Gasteiger partial charge in [0, 0.05) is 30.0 Å². The van der Waals surface area contributed by atoms with Gasteiger partial charge < -0.3 is 16.0 Å². The Labute approximate surface area is 183 Å². The fraction of sp³-hybridized carbons (Fsp3) is 0.304. The Bertz CT molecular complexity index is 1140. The van der Waals surface area contributed by atoms with Gasteiger partial charge in [-0.3, -0.25) is 14.5 Å². The van der Waals surface area contributed by atoms with Crippen LogP contribution in [0.5, 0.6) is 0 Å². The number of carbonyl (C=O) groups is 2. The summed E-state index contributed by atoms with van der Waals surface area (Å²) < 4.78 is 15.1. The van der Waals surface area contributed by atoms with Gasteiger partial charge in [-0.1, -0.05) is 12.1 Å². The Morgan fingerprint density at radius 1 is 1.16 bits per heavy atom. The van der Waals surface area contributed by atoms with E-state index in [1.54, 1.807) is 0 Å². The van der Waals surface area contributed by atoms with Gasteiger partial charge in [0.1, 0.15) is 5.82 Å². The van der Waals surface area contributed by atoms with E-state index in [4.69, 9.17) is 0 Å². The van der Waals surface area contributed by atoms with Crippen molar-refractivity contribution >= 4 is 45.1 Å². The summed E-state index contributed by atoms with van der Waals surface area (Å²) in [6.45, 7) is 5.44. The Morgan fingerprint density at radius 2 is 1.97 bits per heavy atom. The van der Waals surface area contributed by atoms with Crippen LogP contribution in [0.2, 0.25) is 0 Å². The Morgan fingerprint density at radius 3 is 2.74 bits per heavy atom. The number of nitrogens with zero attached hydrogens (tertiary/aromatic N) is 1. The smallest absolute Gasteiger partial charge is 0.265 e. The van der Waals surface area contributed by atoms with Crippen LogP contribution in [0.4, 0.5) is 15.8 Å². The van der Waals surface area contributed by atoms with Crippen LogP contribution in [0.3, 0.4) is 0 Å². The topological polar surface area (TPSA) is 73.5 Å². The third-order valence-electron chi connectivity index (χ3n) is 6.12. The molecule has 3 N–H and O–H groups in total. The van der Waals surface area contributed by atoms with Gasteiger partial charge in [0.25, 0.3) is 5.91 Å². The molecule has 0 bridgehead atoms. The van der Waals surface area contributed by atoms with Crippen molar-refractivity contribution in [2.24, 2.45) is 11.8 Å². The first-order valence-corrected chi connectivity index (χ1v) is 11.2. The molecule has 2 aliphatic heterocycles. The number of thiophene rings is 1. The number of likely N-dealkylation sites (tertiary alicyclic amines) is 1. The number of carbonyl (C=O) groups excluding carboxylic acids is 2. The van der Waals surface area contributed by atoms with Gasteiger partial charge in [-0.2, -0.15) is 0 Å². The highest BCUT2D eigenvalue weighted by molar-refractivity contribution is 7.20. The zero-order chi connectivity index (χ0) is 21.4. The second kappa shape index (κ2) is 8.37. The summed E-state index contributed by atoms with van der Waals surface area (Å²) in [6.07, 6.45) is 0.508. The minimum absolute atomic E-state index is 0.0315. The Kier molecular flexibility index (Phi) is 5.43. The molecule has 3 aromatic rings. The molecule has 2 atom stereocenters. The molecule has 0 aliphatic carbocycles. The SMILES string of the molecule is O=CNc1ccc(F)c(NC(=O)c2cc3ccc(CN4CC5CNCC5C4)cc3s2)c1. The summed E-state index contributed by atoms with van der Waals surface area (Å²) in [4.78, 5) is 26.3. The highest BCUT2D eigenvalue weighted by atomic mass is 32.1. The van der Waals surface area contributed by atoms with Crippen LogP contribution in [0, 0.1) is 17.7 Å². The van der Waals surface area contributed by atoms with E-state index in [2.05, 4.69) is 33.0 Å². The average molecular weight is 439 g/mol. The molecule has 2 unspecified atom stereocenters. The first kappa shape index (κ1) is 20.1. The molecule has 31 heavy (non-hydrogen) atoms. The van der Waals surface area contributed by atoms with Crippen molar-refractivity contribution in [3.05, 3.63) is 58.7 Å². The maximum absolute atomic E-state index is 14.1. The molecule has 160 valence electrons. The summed E-state index contributed by atoms with van der Waals surface area (Å²) in [5, 5.41) is 9.53. The van der Waals surface area contributed by atoms with E-state index < -0.39 is 5.82 Å². The van der Waals surface area contributed by atoms with Crippen LogP contribution in [-0.4, -0.2) is 43.4 Å². The summed E-state index contributed by atoms with van der Waals surface area (Å²) in [5.41, 5.74) is 1.69. The van der Waals surface area contributed by atoms with E-state index in [9.17, 15) is 14.0 Å². The number of anilines is 2. The highest BCUT2D eigenvalue weighted by Gasteiger charge is 2.35. The van der Waals surface area contributed by atoms with Gasteiger partial charge in [-0.05, 0) is 66.2 Å². The minimum atomic E-state index is -0.557. The summed E-state index contributed by atoms with van der Waals surface area (Å²) in [6, 6.07) is 12.2. The molecule has 0 radical (unpaired) electrons. The van der Waals surface area contributed by atoms with Crippen molar-refractivity contribution in [3.63, 3.8) is 0 Å². The number of nitrogens with one attached hydrogen (secondary N) is 3. The number of benzene rings is 2. The third-order valence-corrected chi connectivity index (χ3v) is 7.22. The van der Waals surface area contributed by atoms with Crippen LogP contribution < -0.4 is 16.0 Å². The van der Waals surface area contributed by atoms with E-state index in [-0.39, 0.29) is 11.6 Å². The van der Waals surface area contributed by atoms with Gasteiger partial charge in [0.05, 0.1) is 10.6 Å². The fourth-order valence-corrected chi connectivity index (χ4v) is 5.61. The van der Waals surface area contributed by atoms with E-state index in [0.29, 0.717) is 17.0 Å². The molecule has 8 heteroatoms. The standard InChI is InChI=1S/C23H23FN4O2S/c24-19-4-3-18(26-13-29)7-20(19)27-23(30)22-6-15-2-1-14(5-21(15)31-22)10-28-11-16-8-25-9-17(16)12-28/h1-7,13,16-17,25H,8-12H2,(H,26,29)(H,27,30). The highest BCUT2D eigenvalue weighted by Crippen LogP contribution is 2.31. The molecule has 0 spiro atoms. The number of hydrogen-bond donors (Lipinski definition) is 3. The lowest BCUT2D eigenvalue weighted by Crippen LogP contribution is -2.25. The predicted molar refractivity (Wildman–Crippen MR) is 121 cm³/mol. The van der Waals surface area contributed by atoms with Crippen LogP contribution >= 0.6 is 11.3 Å². The number of fused-ring (bicyclic) bond motifs is 2. The van der Waals surface area contributed by atoms with Gasteiger partial charge in [-0.15, -0.1) is 11.3 Å². The molecule has 0 saturated carbocycles. The summed E-state index contributed by atoms with van der Waals surface area (Å²) in [5.74, 6) is 0.603. The van der Waals surface area contributed by atoms with Crippen molar-refractivity contribution in [3.8, 4) is 0 Å². The van der Waals surface area contributed by atoms with Gasteiger partial charge in [0.15, 0.2) is 0 Å². The van der Waals surface area contributed by atoms with E-state index >= 15 is 0 Å². The van der Waals surface area contributed by atoms with Crippen molar-refractivity contribution in [1.82, 2.24) is 10.2 Å². The predicted octanol–water partition coefficient (Wildman–Crippen LogP) is 3.51. The molecule has 2 aromatic carbocycles. The number of halogens is 1. The van der Waals surface area contributed by atoms with E-state index in [0.717, 1.165) is 54.6 Å². The molecular weight excluding hydrogens is 415 g/mol. The summed E-state index contributed by atoms with van der Waals surface area (Å²) in [7, 11) is 0. The maximum Gasteiger partial charge on any atom is 0.265 e. The Balaban J connectivity index is 1.30. The normalized spacial score (nSPS) is 20.7.